The first-order valence-electron chi connectivity index (χ1n) is 4.19. The van der Waals surface area contributed by atoms with E-state index in [0.29, 0.717) is 6.42 Å². The van der Waals surface area contributed by atoms with Gasteiger partial charge in [-0.3, -0.25) is 4.79 Å². The van der Waals surface area contributed by atoms with Crippen molar-refractivity contribution in [2.24, 2.45) is 0 Å². The summed E-state index contributed by atoms with van der Waals surface area (Å²) in [6, 6.07) is 5.68. The van der Waals surface area contributed by atoms with Crippen LogP contribution in [0.15, 0.2) is 18.2 Å². The lowest BCUT2D eigenvalue weighted by molar-refractivity contribution is -0.119. The Bertz CT molecular complexity index is 321. The van der Waals surface area contributed by atoms with Crippen LogP contribution in [0, 0.1) is 6.92 Å². The lowest BCUT2D eigenvalue weighted by Crippen LogP contribution is -2.19. The topological polar surface area (TPSA) is 55.1 Å². The Morgan fingerprint density at radius 1 is 1.54 bits per heavy atom. The molecule has 3 heteroatoms. The Morgan fingerprint density at radius 2 is 2.23 bits per heavy atom. The smallest absolute Gasteiger partial charge is 0.224 e. The second-order valence-electron chi connectivity index (χ2n) is 3.04. The standard InChI is InChI=1S/C10H14N2O/c1-7-3-4-8(5-9(7)11)6-10(13)12-2/h3-5H,6,11H2,1-2H3,(H,12,13). The van der Waals surface area contributed by atoms with Crippen molar-refractivity contribution in [3.63, 3.8) is 0 Å². The second kappa shape index (κ2) is 3.94. The van der Waals surface area contributed by atoms with E-state index >= 15 is 0 Å². The molecule has 0 aliphatic heterocycles. The van der Waals surface area contributed by atoms with Crippen LogP contribution >= 0.6 is 0 Å². The summed E-state index contributed by atoms with van der Waals surface area (Å²) in [5, 5.41) is 2.57. The van der Waals surface area contributed by atoms with Gasteiger partial charge in [0, 0.05) is 12.7 Å². The maximum absolute atomic E-state index is 11.0. The maximum Gasteiger partial charge on any atom is 0.224 e. The molecule has 0 heterocycles. The molecule has 1 amide bonds. The summed E-state index contributed by atoms with van der Waals surface area (Å²) in [6.45, 7) is 1.94. The van der Waals surface area contributed by atoms with Crippen LogP contribution in [0.25, 0.3) is 0 Å². The van der Waals surface area contributed by atoms with Crippen LogP contribution in [0.2, 0.25) is 0 Å². The zero-order valence-corrected chi connectivity index (χ0v) is 7.92. The molecular weight excluding hydrogens is 164 g/mol. The first kappa shape index (κ1) is 9.58. The Balaban J connectivity index is 2.79. The van der Waals surface area contributed by atoms with Crippen molar-refractivity contribution in [2.75, 3.05) is 12.8 Å². The molecule has 0 aromatic heterocycles. The summed E-state index contributed by atoms with van der Waals surface area (Å²) in [5.41, 5.74) is 8.43. The number of likely N-dealkylation sites (N-methyl/N-ethyl adjacent to an activating group) is 1. The van der Waals surface area contributed by atoms with Crippen molar-refractivity contribution in [1.29, 1.82) is 0 Å². The second-order valence-corrected chi connectivity index (χ2v) is 3.04. The van der Waals surface area contributed by atoms with Gasteiger partial charge in [0.05, 0.1) is 6.42 Å². The molecule has 0 spiro atoms. The number of hydrogen-bond acceptors (Lipinski definition) is 2. The maximum atomic E-state index is 11.0. The van der Waals surface area contributed by atoms with E-state index in [9.17, 15) is 4.79 Å². The van der Waals surface area contributed by atoms with Crippen LogP contribution in [0.5, 0.6) is 0 Å². The van der Waals surface area contributed by atoms with Gasteiger partial charge in [0.15, 0.2) is 0 Å². The normalized spacial score (nSPS) is 9.69. The lowest BCUT2D eigenvalue weighted by atomic mass is 10.1. The minimum absolute atomic E-state index is 0.00301. The fraction of sp³-hybridized carbons (Fsp3) is 0.300. The van der Waals surface area contributed by atoms with E-state index in [0.717, 1.165) is 16.8 Å². The molecule has 1 rings (SSSR count). The number of amides is 1. The first-order chi connectivity index (χ1) is 6.13. The molecule has 0 bridgehead atoms. The Hall–Kier alpha value is -1.51. The molecule has 0 saturated carbocycles. The largest absolute Gasteiger partial charge is 0.399 e. The summed E-state index contributed by atoms with van der Waals surface area (Å²) < 4.78 is 0. The molecule has 13 heavy (non-hydrogen) atoms. The summed E-state index contributed by atoms with van der Waals surface area (Å²) >= 11 is 0. The van der Waals surface area contributed by atoms with Crippen molar-refractivity contribution in [3.05, 3.63) is 29.3 Å². The molecule has 0 unspecified atom stereocenters. The van der Waals surface area contributed by atoms with E-state index in [2.05, 4.69) is 5.32 Å². The zero-order chi connectivity index (χ0) is 9.84. The van der Waals surface area contributed by atoms with Crippen LogP contribution in [-0.2, 0) is 11.2 Å². The number of carbonyl (C=O) groups excluding carboxylic acids is 1. The van der Waals surface area contributed by atoms with Crippen LogP contribution in [-0.4, -0.2) is 13.0 Å². The summed E-state index contributed by atoms with van der Waals surface area (Å²) in [5.74, 6) is 0.00301. The van der Waals surface area contributed by atoms with E-state index in [-0.39, 0.29) is 5.91 Å². The van der Waals surface area contributed by atoms with Gasteiger partial charge in [-0.2, -0.15) is 0 Å². The molecular formula is C10H14N2O. The molecule has 0 saturated heterocycles. The van der Waals surface area contributed by atoms with Crippen LogP contribution < -0.4 is 11.1 Å². The van der Waals surface area contributed by atoms with Crippen molar-refractivity contribution in [1.82, 2.24) is 5.32 Å². The van der Waals surface area contributed by atoms with Gasteiger partial charge in [0.2, 0.25) is 5.91 Å². The molecule has 0 aliphatic rings. The summed E-state index contributed by atoms with van der Waals surface area (Å²) in [4.78, 5) is 11.0. The van der Waals surface area contributed by atoms with Crippen LogP contribution in [0.1, 0.15) is 11.1 Å². The van der Waals surface area contributed by atoms with E-state index in [1.54, 1.807) is 7.05 Å². The highest BCUT2D eigenvalue weighted by Gasteiger charge is 2.01. The molecule has 70 valence electrons. The van der Waals surface area contributed by atoms with Crippen molar-refractivity contribution < 1.29 is 4.79 Å². The van der Waals surface area contributed by atoms with Gasteiger partial charge in [-0.1, -0.05) is 12.1 Å². The monoisotopic (exact) mass is 178 g/mol. The van der Waals surface area contributed by atoms with E-state index in [4.69, 9.17) is 5.73 Å². The average molecular weight is 178 g/mol. The molecule has 0 fully saturated rings. The van der Waals surface area contributed by atoms with Crippen molar-refractivity contribution in [3.8, 4) is 0 Å². The third kappa shape index (κ3) is 2.47. The van der Waals surface area contributed by atoms with Gasteiger partial charge in [-0.15, -0.1) is 0 Å². The SMILES string of the molecule is CNC(=O)Cc1ccc(C)c(N)c1. The van der Waals surface area contributed by atoms with Crippen LogP contribution in [0.3, 0.4) is 0 Å². The molecule has 3 N–H and O–H groups in total. The van der Waals surface area contributed by atoms with Gasteiger partial charge in [0.1, 0.15) is 0 Å². The van der Waals surface area contributed by atoms with Crippen molar-refractivity contribution >= 4 is 11.6 Å². The van der Waals surface area contributed by atoms with Gasteiger partial charge in [-0.25, -0.2) is 0 Å². The summed E-state index contributed by atoms with van der Waals surface area (Å²) in [7, 11) is 1.62. The number of nitrogens with two attached hydrogens (primary N) is 1. The molecule has 3 nitrogen and oxygen atoms in total. The number of aryl methyl sites for hydroxylation is 1. The Labute approximate surface area is 77.9 Å². The van der Waals surface area contributed by atoms with Crippen molar-refractivity contribution in [2.45, 2.75) is 13.3 Å². The van der Waals surface area contributed by atoms with E-state index in [1.807, 2.05) is 25.1 Å². The third-order valence-electron chi connectivity index (χ3n) is 1.99. The molecule has 0 aliphatic carbocycles. The molecule has 1 aromatic carbocycles. The minimum atomic E-state index is 0.00301. The Kier molecular flexibility index (Phi) is 2.90. The van der Waals surface area contributed by atoms with Gasteiger partial charge in [-0.05, 0) is 24.1 Å². The highest BCUT2D eigenvalue weighted by atomic mass is 16.1. The van der Waals surface area contributed by atoms with E-state index < -0.39 is 0 Å². The number of nitrogens with one attached hydrogen (secondary N) is 1. The highest BCUT2D eigenvalue weighted by Crippen LogP contribution is 2.12. The number of carbonyl (C=O) groups is 1. The number of rotatable bonds is 2. The fourth-order valence-corrected chi connectivity index (χ4v) is 1.07. The van der Waals surface area contributed by atoms with E-state index in [1.165, 1.54) is 0 Å². The van der Waals surface area contributed by atoms with Gasteiger partial charge in [0.25, 0.3) is 0 Å². The van der Waals surface area contributed by atoms with Crippen LogP contribution in [0.4, 0.5) is 5.69 Å². The third-order valence-corrected chi connectivity index (χ3v) is 1.99. The van der Waals surface area contributed by atoms with Gasteiger partial charge < -0.3 is 11.1 Å². The summed E-state index contributed by atoms with van der Waals surface area (Å²) in [6.07, 6.45) is 0.390. The number of benzene rings is 1. The predicted octanol–water partition coefficient (Wildman–Crippen LogP) is 0.866. The first-order valence-corrected chi connectivity index (χ1v) is 4.19. The van der Waals surface area contributed by atoms with Gasteiger partial charge >= 0.3 is 0 Å². The lowest BCUT2D eigenvalue weighted by Gasteiger charge is -2.03. The molecule has 0 atom stereocenters. The Morgan fingerprint density at radius 3 is 2.77 bits per heavy atom. The molecule has 1 aromatic rings. The highest BCUT2D eigenvalue weighted by molar-refractivity contribution is 5.78. The quantitative estimate of drug-likeness (QED) is 0.660. The average Bonchev–Trinajstić information content (AvgIpc) is 2.11. The number of anilines is 1. The predicted molar refractivity (Wildman–Crippen MR) is 53.4 cm³/mol. The zero-order valence-electron chi connectivity index (χ0n) is 7.92. The molecule has 0 radical (unpaired) electrons. The minimum Gasteiger partial charge on any atom is -0.399 e. The number of hydrogen-bond donors (Lipinski definition) is 2. The fourth-order valence-electron chi connectivity index (χ4n) is 1.07. The number of nitrogen functional groups attached to an aromatic ring is 1.